The summed E-state index contributed by atoms with van der Waals surface area (Å²) in [6, 6.07) is 9.16. The number of hydrogen-bond acceptors (Lipinski definition) is 4. The Labute approximate surface area is 111 Å². The van der Waals surface area contributed by atoms with E-state index in [4.69, 9.17) is 5.26 Å². The number of amides is 1. The van der Waals surface area contributed by atoms with E-state index in [1.54, 1.807) is 18.2 Å². The van der Waals surface area contributed by atoms with Crippen LogP contribution in [-0.4, -0.2) is 24.7 Å². The summed E-state index contributed by atoms with van der Waals surface area (Å²) in [6.45, 7) is -1.84. The maximum atomic E-state index is 11.9. The Bertz CT molecular complexity index is 523. The molecule has 1 amide bonds. The summed E-state index contributed by atoms with van der Waals surface area (Å²) in [5.74, 6) is -4.55. The van der Waals surface area contributed by atoms with Crippen LogP contribution in [0.2, 0.25) is 0 Å². The molecule has 0 aliphatic rings. The van der Waals surface area contributed by atoms with E-state index in [2.05, 4.69) is 10.1 Å². The van der Waals surface area contributed by atoms with Gasteiger partial charge in [-0.25, -0.2) is 0 Å². The maximum absolute atomic E-state index is 11.9. The summed E-state index contributed by atoms with van der Waals surface area (Å²) in [5, 5.41) is 10.9. The smallest absolute Gasteiger partial charge is 0.422 e. The number of halogens is 3. The van der Waals surface area contributed by atoms with E-state index in [0.29, 0.717) is 5.69 Å². The molecule has 1 unspecified atom stereocenters. The first-order valence-electron chi connectivity index (χ1n) is 5.32. The summed E-state index contributed by atoms with van der Waals surface area (Å²) in [6.07, 6.45) is -4.72. The van der Waals surface area contributed by atoms with Gasteiger partial charge in [0.15, 0.2) is 6.61 Å². The number of carbonyl (C=O) groups is 2. The zero-order valence-electron chi connectivity index (χ0n) is 9.98. The zero-order valence-corrected chi connectivity index (χ0v) is 9.98. The predicted octanol–water partition coefficient (Wildman–Crippen LogP) is 1.87. The largest absolute Gasteiger partial charge is 0.455 e. The third-order valence-electron chi connectivity index (χ3n) is 2.05. The molecule has 0 bridgehead atoms. The molecule has 0 aliphatic carbocycles. The van der Waals surface area contributed by atoms with Crippen molar-refractivity contribution in [2.24, 2.45) is 5.92 Å². The summed E-state index contributed by atoms with van der Waals surface area (Å²) in [7, 11) is 0. The van der Waals surface area contributed by atoms with E-state index in [9.17, 15) is 22.8 Å². The van der Waals surface area contributed by atoms with E-state index >= 15 is 0 Å². The molecule has 0 fully saturated rings. The summed E-state index contributed by atoms with van der Waals surface area (Å²) >= 11 is 0. The number of para-hydroxylation sites is 1. The lowest BCUT2D eigenvalue weighted by Gasteiger charge is -2.11. The van der Waals surface area contributed by atoms with Gasteiger partial charge in [0, 0.05) is 5.69 Å². The Morgan fingerprint density at radius 3 is 2.40 bits per heavy atom. The molecule has 20 heavy (non-hydrogen) atoms. The standard InChI is InChI=1S/C12H9F3N2O3/c13-12(14,15)7-20-11(19)9(6-16)10(18)17-8-4-2-1-3-5-8/h1-5,9H,7H2,(H,17,18). The van der Waals surface area contributed by atoms with Crippen molar-refractivity contribution in [1.29, 1.82) is 5.26 Å². The molecule has 1 aromatic carbocycles. The van der Waals surface area contributed by atoms with Crippen LogP contribution in [0.5, 0.6) is 0 Å². The number of nitriles is 1. The fourth-order valence-corrected chi connectivity index (χ4v) is 1.19. The van der Waals surface area contributed by atoms with E-state index in [0.717, 1.165) is 0 Å². The highest BCUT2D eigenvalue weighted by molar-refractivity contribution is 6.06. The molecule has 106 valence electrons. The number of anilines is 1. The van der Waals surface area contributed by atoms with Crippen molar-refractivity contribution in [2.45, 2.75) is 6.18 Å². The Kier molecular flexibility index (Phi) is 5.08. The summed E-state index contributed by atoms with van der Waals surface area (Å²) < 4.78 is 39.5. The third kappa shape index (κ3) is 4.97. The lowest BCUT2D eigenvalue weighted by Crippen LogP contribution is -2.32. The number of carbonyl (C=O) groups excluding carboxylic acids is 2. The van der Waals surface area contributed by atoms with Crippen molar-refractivity contribution in [3.8, 4) is 6.07 Å². The van der Waals surface area contributed by atoms with Crippen molar-refractivity contribution < 1.29 is 27.5 Å². The Hall–Kier alpha value is -2.56. The topological polar surface area (TPSA) is 79.2 Å². The fraction of sp³-hybridized carbons (Fsp3) is 0.250. The van der Waals surface area contributed by atoms with Crippen LogP contribution in [0.3, 0.4) is 0 Å². The Balaban J connectivity index is 2.64. The monoisotopic (exact) mass is 286 g/mol. The minimum Gasteiger partial charge on any atom is -0.455 e. The van der Waals surface area contributed by atoms with E-state index in [1.807, 2.05) is 0 Å². The molecule has 1 atom stereocenters. The van der Waals surface area contributed by atoms with Crippen molar-refractivity contribution in [3.63, 3.8) is 0 Å². The lowest BCUT2D eigenvalue weighted by molar-refractivity contribution is -0.188. The van der Waals surface area contributed by atoms with Gasteiger partial charge in [-0.2, -0.15) is 18.4 Å². The van der Waals surface area contributed by atoms with Gasteiger partial charge in [0.1, 0.15) is 0 Å². The van der Waals surface area contributed by atoms with Gasteiger partial charge in [0.25, 0.3) is 5.91 Å². The number of ether oxygens (including phenoxy) is 1. The average molecular weight is 286 g/mol. The number of nitrogens with zero attached hydrogens (tertiary/aromatic N) is 1. The number of esters is 1. The van der Waals surface area contributed by atoms with Crippen LogP contribution in [0.4, 0.5) is 18.9 Å². The average Bonchev–Trinajstić information content (AvgIpc) is 2.37. The third-order valence-corrected chi connectivity index (χ3v) is 2.05. The minimum atomic E-state index is -4.72. The van der Waals surface area contributed by atoms with Gasteiger partial charge in [-0.3, -0.25) is 9.59 Å². The minimum absolute atomic E-state index is 0.307. The molecule has 0 saturated carbocycles. The molecular formula is C12H9F3N2O3. The van der Waals surface area contributed by atoms with Crippen molar-refractivity contribution >= 4 is 17.6 Å². The van der Waals surface area contributed by atoms with Gasteiger partial charge in [-0.1, -0.05) is 18.2 Å². The highest BCUT2D eigenvalue weighted by Crippen LogP contribution is 2.16. The van der Waals surface area contributed by atoms with E-state index < -0.39 is 30.6 Å². The second-order valence-electron chi connectivity index (χ2n) is 3.64. The number of hydrogen-bond donors (Lipinski definition) is 1. The van der Waals surface area contributed by atoms with E-state index in [-0.39, 0.29) is 0 Å². The van der Waals surface area contributed by atoms with Crippen molar-refractivity contribution in [2.75, 3.05) is 11.9 Å². The normalized spacial score (nSPS) is 12.1. The zero-order chi connectivity index (χ0) is 15.2. The van der Waals surface area contributed by atoms with Crippen molar-refractivity contribution in [3.05, 3.63) is 30.3 Å². The van der Waals surface area contributed by atoms with E-state index in [1.165, 1.54) is 18.2 Å². The molecule has 0 aromatic heterocycles. The Morgan fingerprint density at radius 1 is 1.30 bits per heavy atom. The van der Waals surface area contributed by atoms with Gasteiger partial charge in [-0.15, -0.1) is 0 Å². The number of rotatable bonds is 4. The van der Waals surface area contributed by atoms with Gasteiger partial charge in [-0.05, 0) is 12.1 Å². The fourth-order valence-electron chi connectivity index (χ4n) is 1.19. The Morgan fingerprint density at radius 2 is 1.90 bits per heavy atom. The van der Waals surface area contributed by atoms with Gasteiger partial charge >= 0.3 is 12.1 Å². The molecule has 8 heteroatoms. The maximum Gasteiger partial charge on any atom is 0.422 e. The van der Waals surface area contributed by atoms with Gasteiger partial charge in [0.05, 0.1) is 6.07 Å². The van der Waals surface area contributed by atoms with Crippen LogP contribution in [0.25, 0.3) is 0 Å². The molecule has 0 saturated heterocycles. The first-order valence-corrected chi connectivity index (χ1v) is 5.32. The first-order chi connectivity index (χ1) is 9.33. The van der Waals surface area contributed by atoms with Crippen LogP contribution < -0.4 is 5.32 Å². The highest BCUT2D eigenvalue weighted by Gasteiger charge is 2.34. The van der Waals surface area contributed by atoms with Crippen molar-refractivity contribution in [1.82, 2.24) is 0 Å². The predicted molar refractivity (Wildman–Crippen MR) is 61.2 cm³/mol. The lowest BCUT2D eigenvalue weighted by atomic mass is 10.1. The molecule has 0 radical (unpaired) electrons. The molecule has 5 nitrogen and oxygen atoms in total. The molecule has 1 N–H and O–H groups in total. The van der Waals surface area contributed by atoms with Gasteiger partial charge < -0.3 is 10.1 Å². The molecule has 1 aromatic rings. The molecule has 0 aliphatic heterocycles. The quantitative estimate of drug-likeness (QED) is 0.677. The van der Waals surface area contributed by atoms with Crippen LogP contribution in [0, 0.1) is 17.2 Å². The second kappa shape index (κ2) is 6.56. The summed E-state index contributed by atoms with van der Waals surface area (Å²) in [4.78, 5) is 22.8. The SMILES string of the molecule is N#CC(C(=O)Nc1ccccc1)C(=O)OCC(F)(F)F. The van der Waals surface area contributed by atoms with Crippen LogP contribution in [0.15, 0.2) is 30.3 Å². The number of benzene rings is 1. The van der Waals surface area contributed by atoms with Crippen LogP contribution in [-0.2, 0) is 14.3 Å². The second-order valence-corrected chi connectivity index (χ2v) is 3.64. The molecular weight excluding hydrogens is 277 g/mol. The van der Waals surface area contributed by atoms with Crippen LogP contribution >= 0.6 is 0 Å². The first kappa shape index (κ1) is 15.5. The molecule has 1 rings (SSSR count). The van der Waals surface area contributed by atoms with Gasteiger partial charge in [0.2, 0.25) is 5.92 Å². The molecule has 0 spiro atoms. The highest BCUT2D eigenvalue weighted by atomic mass is 19.4. The molecule has 0 heterocycles. The summed E-state index contributed by atoms with van der Waals surface area (Å²) in [5.41, 5.74) is 0.307. The van der Waals surface area contributed by atoms with Crippen LogP contribution in [0.1, 0.15) is 0 Å². The number of alkyl halides is 3. The number of nitrogens with one attached hydrogen (secondary N) is 1.